The molecule has 22 heavy (non-hydrogen) atoms. The Morgan fingerprint density at radius 2 is 2.00 bits per heavy atom. The van der Waals surface area contributed by atoms with Crippen LogP contribution < -0.4 is 0 Å². The van der Waals surface area contributed by atoms with Crippen LogP contribution in [0.3, 0.4) is 0 Å². The summed E-state index contributed by atoms with van der Waals surface area (Å²) < 4.78 is 7.77. The Labute approximate surface area is 134 Å². The number of rotatable bonds is 4. The molecule has 0 N–H and O–H groups in total. The molecule has 1 aromatic heterocycles. The summed E-state index contributed by atoms with van der Waals surface area (Å²) in [6, 6.07) is 14.5. The van der Waals surface area contributed by atoms with Crippen LogP contribution in [0.2, 0.25) is 0 Å². The number of aromatic nitrogens is 4. The monoisotopic (exact) mass is 358 g/mol. The van der Waals surface area contributed by atoms with E-state index in [0.717, 1.165) is 10.0 Å². The first-order valence-electron chi connectivity index (χ1n) is 6.47. The number of tetrazole rings is 1. The van der Waals surface area contributed by atoms with Crippen molar-refractivity contribution in [1.29, 1.82) is 0 Å². The maximum atomic E-state index is 12.1. The molecule has 0 aliphatic heterocycles. The molecular weight excluding hydrogens is 348 g/mol. The van der Waals surface area contributed by atoms with Gasteiger partial charge in [-0.3, -0.25) is 0 Å². The minimum absolute atomic E-state index is 0.223. The number of nitrogens with zero attached hydrogens (tertiary/aromatic N) is 4. The van der Waals surface area contributed by atoms with Crippen LogP contribution in [0, 0.1) is 0 Å². The number of carbonyl (C=O) groups excluding carboxylic acids is 1. The van der Waals surface area contributed by atoms with Crippen molar-refractivity contribution >= 4 is 21.9 Å². The lowest BCUT2D eigenvalue weighted by molar-refractivity contribution is 0.0472. The number of esters is 1. The van der Waals surface area contributed by atoms with Gasteiger partial charge in [-0.25, -0.2) is 9.48 Å². The zero-order chi connectivity index (χ0) is 15.4. The Hall–Kier alpha value is -2.54. The van der Waals surface area contributed by atoms with Crippen LogP contribution in [-0.2, 0) is 11.3 Å². The predicted molar refractivity (Wildman–Crippen MR) is 82.4 cm³/mol. The minimum atomic E-state index is -0.391. The maximum absolute atomic E-state index is 12.1. The van der Waals surface area contributed by atoms with Gasteiger partial charge in [0.2, 0.25) is 0 Å². The zero-order valence-electron chi connectivity index (χ0n) is 11.4. The summed E-state index contributed by atoms with van der Waals surface area (Å²) in [5.74, 6) is -0.391. The average Bonchev–Trinajstić information content (AvgIpc) is 3.09. The molecular formula is C15H11BrN4O2. The quantitative estimate of drug-likeness (QED) is 0.670. The van der Waals surface area contributed by atoms with Crippen LogP contribution in [0.1, 0.15) is 15.9 Å². The Kier molecular flexibility index (Phi) is 4.24. The highest BCUT2D eigenvalue weighted by Gasteiger charge is 2.09. The van der Waals surface area contributed by atoms with E-state index < -0.39 is 5.97 Å². The Balaban J connectivity index is 1.70. The molecule has 0 atom stereocenters. The normalized spacial score (nSPS) is 10.4. The van der Waals surface area contributed by atoms with Crippen LogP contribution >= 0.6 is 15.9 Å². The number of halogens is 1. The molecule has 0 saturated heterocycles. The van der Waals surface area contributed by atoms with E-state index >= 15 is 0 Å². The van der Waals surface area contributed by atoms with E-state index in [2.05, 4.69) is 31.5 Å². The van der Waals surface area contributed by atoms with E-state index in [-0.39, 0.29) is 6.61 Å². The molecule has 0 spiro atoms. The number of benzene rings is 2. The number of ether oxygens (including phenoxy) is 1. The summed E-state index contributed by atoms with van der Waals surface area (Å²) >= 11 is 3.36. The second-order valence-corrected chi connectivity index (χ2v) is 5.42. The predicted octanol–water partition coefficient (Wildman–Crippen LogP) is 2.78. The van der Waals surface area contributed by atoms with Crippen molar-refractivity contribution < 1.29 is 9.53 Å². The first-order valence-corrected chi connectivity index (χ1v) is 7.27. The first kappa shape index (κ1) is 14.4. The van der Waals surface area contributed by atoms with Gasteiger partial charge in [-0.15, -0.1) is 5.10 Å². The summed E-state index contributed by atoms with van der Waals surface area (Å²) in [6.07, 6.45) is 1.46. The molecule has 0 aliphatic rings. The van der Waals surface area contributed by atoms with Crippen LogP contribution in [0.5, 0.6) is 0 Å². The van der Waals surface area contributed by atoms with Gasteiger partial charge in [0.25, 0.3) is 0 Å². The van der Waals surface area contributed by atoms with Crippen molar-refractivity contribution in [3.8, 4) is 5.69 Å². The molecule has 0 radical (unpaired) electrons. The summed E-state index contributed by atoms with van der Waals surface area (Å²) in [5, 5.41) is 10.9. The molecule has 3 rings (SSSR count). The third-order valence-electron chi connectivity index (χ3n) is 2.98. The lowest BCUT2D eigenvalue weighted by Crippen LogP contribution is -2.06. The minimum Gasteiger partial charge on any atom is -0.457 e. The molecule has 6 nitrogen and oxygen atoms in total. The van der Waals surface area contributed by atoms with Gasteiger partial charge < -0.3 is 4.74 Å². The maximum Gasteiger partial charge on any atom is 0.338 e. The van der Waals surface area contributed by atoms with Gasteiger partial charge in [-0.05, 0) is 46.3 Å². The molecule has 0 unspecified atom stereocenters. The fraction of sp³-hybridized carbons (Fsp3) is 0.0667. The van der Waals surface area contributed by atoms with Crippen molar-refractivity contribution in [1.82, 2.24) is 20.2 Å². The van der Waals surface area contributed by atoms with Crippen LogP contribution in [-0.4, -0.2) is 26.2 Å². The molecule has 110 valence electrons. The van der Waals surface area contributed by atoms with Gasteiger partial charge >= 0.3 is 5.97 Å². The molecule has 0 bridgehead atoms. The van der Waals surface area contributed by atoms with Crippen molar-refractivity contribution in [3.63, 3.8) is 0 Å². The largest absolute Gasteiger partial charge is 0.457 e. The highest BCUT2D eigenvalue weighted by molar-refractivity contribution is 9.10. The van der Waals surface area contributed by atoms with Gasteiger partial charge in [0.05, 0.1) is 11.3 Å². The van der Waals surface area contributed by atoms with Gasteiger partial charge in [0.1, 0.15) is 12.9 Å². The van der Waals surface area contributed by atoms with E-state index in [4.69, 9.17) is 4.74 Å². The Morgan fingerprint density at radius 3 is 2.73 bits per heavy atom. The molecule has 7 heteroatoms. The Bertz CT molecular complexity index is 773. The number of hydrogen-bond acceptors (Lipinski definition) is 5. The van der Waals surface area contributed by atoms with E-state index in [0.29, 0.717) is 11.3 Å². The fourth-order valence-electron chi connectivity index (χ4n) is 1.87. The van der Waals surface area contributed by atoms with Crippen molar-refractivity contribution in [2.75, 3.05) is 0 Å². The lowest BCUT2D eigenvalue weighted by Gasteiger charge is -2.06. The summed E-state index contributed by atoms with van der Waals surface area (Å²) in [4.78, 5) is 12.1. The van der Waals surface area contributed by atoms with Crippen LogP contribution in [0.4, 0.5) is 0 Å². The standard InChI is InChI=1S/C15H11BrN4O2/c16-13-6-4-11(5-7-13)9-22-15(21)12-2-1-3-14(8-12)20-10-17-18-19-20/h1-8,10H,9H2. The molecule has 3 aromatic rings. The smallest absolute Gasteiger partial charge is 0.338 e. The second-order valence-electron chi connectivity index (χ2n) is 4.51. The van der Waals surface area contributed by atoms with Crippen molar-refractivity contribution in [2.24, 2.45) is 0 Å². The van der Waals surface area contributed by atoms with Crippen LogP contribution in [0.25, 0.3) is 5.69 Å². The number of hydrogen-bond donors (Lipinski definition) is 0. The SMILES string of the molecule is O=C(OCc1ccc(Br)cc1)c1cccc(-n2cnnn2)c1. The molecule has 0 amide bonds. The van der Waals surface area contributed by atoms with E-state index in [1.54, 1.807) is 18.2 Å². The van der Waals surface area contributed by atoms with Gasteiger partial charge in [-0.2, -0.15) is 0 Å². The van der Waals surface area contributed by atoms with E-state index in [1.807, 2.05) is 30.3 Å². The highest BCUT2D eigenvalue weighted by Crippen LogP contribution is 2.13. The van der Waals surface area contributed by atoms with Gasteiger partial charge in [0.15, 0.2) is 0 Å². The van der Waals surface area contributed by atoms with E-state index in [1.165, 1.54) is 11.0 Å². The fourth-order valence-corrected chi connectivity index (χ4v) is 2.13. The topological polar surface area (TPSA) is 69.9 Å². The van der Waals surface area contributed by atoms with Gasteiger partial charge in [-0.1, -0.05) is 34.1 Å². The summed E-state index contributed by atoms with van der Waals surface area (Å²) in [5.41, 5.74) is 2.07. The highest BCUT2D eigenvalue weighted by atomic mass is 79.9. The first-order chi connectivity index (χ1) is 10.7. The summed E-state index contributed by atoms with van der Waals surface area (Å²) in [6.45, 7) is 0.223. The van der Waals surface area contributed by atoms with Crippen molar-refractivity contribution in [3.05, 3.63) is 70.5 Å². The van der Waals surface area contributed by atoms with Crippen molar-refractivity contribution in [2.45, 2.75) is 6.61 Å². The second kappa shape index (κ2) is 6.48. The van der Waals surface area contributed by atoms with E-state index in [9.17, 15) is 4.79 Å². The molecule has 0 fully saturated rings. The van der Waals surface area contributed by atoms with Gasteiger partial charge in [0, 0.05) is 4.47 Å². The molecule has 0 saturated carbocycles. The third-order valence-corrected chi connectivity index (χ3v) is 3.51. The summed E-state index contributed by atoms with van der Waals surface area (Å²) in [7, 11) is 0. The molecule has 0 aliphatic carbocycles. The Morgan fingerprint density at radius 1 is 1.18 bits per heavy atom. The van der Waals surface area contributed by atoms with Crippen LogP contribution in [0.15, 0.2) is 59.3 Å². The third kappa shape index (κ3) is 3.37. The zero-order valence-corrected chi connectivity index (χ0v) is 13.0. The molecule has 2 aromatic carbocycles. The lowest BCUT2D eigenvalue weighted by atomic mass is 10.2. The number of carbonyl (C=O) groups is 1. The average molecular weight is 359 g/mol. The molecule has 1 heterocycles.